The molecule has 3 aromatic carbocycles. The molecule has 0 saturated heterocycles. The van der Waals surface area contributed by atoms with E-state index in [0.717, 1.165) is 36.4 Å². The molecule has 3 heterocycles. The van der Waals surface area contributed by atoms with Crippen LogP contribution < -0.4 is 9.91 Å². The second-order valence-corrected chi connectivity index (χ2v) is 12.6. The number of anilines is 3. The molecule has 7 nitrogen and oxygen atoms in total. The van der Waals surface area contributed by atoms with Crippen LogP contribution in [0.4, 0.5) is 17.1 Å². The van der Waals surface area contributed by atoms with E-state index in [0.29, 0.717) is 22.8 Å². The number of rotatable bonds is 12. The first kappa shape index (κ1) is 32.8. The topological polar surface area (TPSA) is 82.4 Å². The van der Waals surface area contributed by atoms with Crippen molar-refractivity contribution in [1.82, 2.24) is 0 Å². The fourth-order valence-corrected chi connectivity index (χ4v) is 6.56. The highest BCUT2D eigenvalue weighted by atomic mass is 16.5. The molecule has 0 saturated carbocycles. The molecule has 3 aliphatic rings. The minimum absolute atomic E-state index is 0.0317. The van der Waals surface area contributed by atoms with Crippen LogP contribution in [0.2, 0.25) is 0 Å². The van der Waals surface area contributed by atoms with Gasteiger partial charge in [0.25, 0.3) is 5.91 Å². The molecule has 1 amide bonds. The number of hydrogen-bond donors (Lipinski definition) is 1. The fraction of sp³-hybridized carbons (Fsp3) is 0.293. The van der Waals surface area contributed by atoms with E-state index in [1.54, 1.807) is 43.3 Å². The first-order valence-corrected chi connectivity index (χ1v) is 17.1. The van der Waals surface area contributed by atoms with Crippen molar-refractivity contribution in [3.63, 3.8) is 0 Å². The molecule has 0 aliphatic carbocycles. The number of hydrogen-bond acceptors (Lipinski definition) is 5. The Morgan fingerprint density at radius 3 is 2.46 bits per heavy atom. The maximum atomic E-state index is 13.4. The molecule has 0 radical (unpaired) electrons. The first-order chi connectivity index (χ1) is 23.4. The van der Waals surface area contributed by atoms with E-state index in [1.807, 2.05) is 18.2 Å². The summed E-state index contributed by atoms with van der Waals surface area (Å²) in [5, 5.41) is 15.2. The summed E-state index contributed by atoms with van der Waals surface area (Å²) in [7, 11) is 0. The predicted octanol–water partition coefficient (Wildman–Crippen LogP) is 9.29. The number of carbonyl (C=O) groups excluding carboxylic acids is 1. The Labute approximate surface area is 283 Å². The van der Waals surface area contributed by atoms with Crippen molar-refractivity contribution in [3.05, 3.63) is 130 Å². The summed E-state index contributed by atoms with van der Waals surface area (Å²) in [6.07, 6.45) is 18.3. The number of ether oxygens (including phenoxy) is 1. The molecule has 0 spiro atoms. The van der Waals surface area contributed by atoms with Gasteiger partial charge in [-0.1, -0.05) is 81.5 Å². The number of nitrogens with zero attached hydrogens (tertiary/aromatic N) is 3. The number of carboxylic acids is 1. The van der Waals surface area contributed by atoms with Crippen LogP contribution in [0, 0.1) is 0 Å². The van der Waals surface area contributed by atoms with Crippen LogP contribution in [-0.4, -0.2) is 29.2 Å². The number of hydrazone groups is 1. The Hall–Kier alpha value is -5.17. The molecule has 6 rings (SSSR count). The van der Waals surface area contributed by atoms with Gasteiger partial charge in [0, 0.05) is 17.9 Å². The Kier molecular flexibility index (Phi) is 10.3. The van der Waals surface area contributed by atoms with Gasteiger partial charge < -0.3 is 14.7 Å². The van der Waals surface area contributed by atoms with Crippen molar-refractivity contribution < 1.29 is 19.4 Å². The van der Waals surface area contributed by atoms with Gasteiger partial charge in [0.1, 0.15) is 11.5 Å². The van der Waals surface area contributed by atoms with Gasteiger partial charge in [-0.15, -0.1) is 0 Å². The molecular formula is C41H43N3O4. The largest absolute Gasteiger partial charge is 0.476 e. The zero-order chi connectivity index (χ0) is 33.5. The molecule has 0 atom stereocenters. The van der Waals surface area contributed by atoms with E-state index in [-0.39, 0.29) is 11.3 Å². The summed E-state index contributed by atoms with van der Waals surface area (Å²) in [4.78, 5) is 28.0. The zero-order valence-corrected chi connectivity index (χ0v) is 27.8. The summed E-state index contributed by atoms with van der Waals surface area (Å²) >= 11 is 0. The molecule has 0 bridgehead atoms. The first-order valence-electron chi connectivity index (χ1n) is 17.1. The van der Waals surface area contributed by atoms with Crippen molar-refractivity contribution in [2.75, 3.05) is 16.5 Å². The van der Waals surface area contributed by atoms with Crippen LogP contribution in [0.5, 0.6) is 0 Å². The van der Waals surface area contributed by atoms with Crippen LogP contribution in [-0.2, 0) is 27.2 Å². The summed E-state index contributed by atoms with van der Waals surface area (Å²) in [5.74, 6) is -0.701. The highest BCUT2D eigenvalue weighted by Gasteiger charge is 2.37. The fourth-order valence-electron chi connectivity index (χ4n) is 6.56. The van der Waals surface area contributed by atoms with Crippen molar-refractivity contribution in [2.45, 2.75) is 71.6 Å². The summed E-state index contributed by atoms with van der Waals surface area (Å²) in [5.41, 5.74) is 6.90. The number of carbonyl (C=O) groups is 2. The van der Waals surface area contributed by atoms with Gasteiger partial charge >= 0.3 is 5.97 Å². The van der Waals surface area contributed by atoms with Crippen LogP contribution in [0.15, 0.2) is 119 Å². The molecule has 0 unspecified atom stereocenters. The standard InChI is InChI=1S/C41H43N3O4/c1-3-4-5-6-7-9-13-30-17-21-34(22-18-30)43-25-12-14-32-27-31(20-24-37(32)43)19-23-36-28-33(26-29(2)48-36)38-39(41(46)47)42-44(40(38)45)35-15-10-8-11-16-35/h8,10-11,15-24,26-28H,3-7,9,12-14,25H2,1-2H3,(H,46,47). The van der Waals surface area contributed by atoms with Gasteiger partial charge in [-0.2, -0.15) is 10.1 Å². The normalized spacial score (nSPS) is 17.6. The van der Waals surface area contributed by atoms with E-state index in [9.17, 15) is 14.7 Å². The van der Waals surface area contributed by atoms with Gasteiger partial charge in [0.2, 0.25) is 0 Å². The van der Waals surface area contributed by atoms with Gasteiger partial charge in [-0.3, -0.25) is 4.79 Å². The second-order valence-electron chi connectivity index (χ2n) is 12.6. The minimum atomic E-state index is -1.26. The smallest absolute Gasteiger partial charge is 0.357 e. The molecule has 48 heavy (non-hydrogen) atoms. The third kappa shape index (κ3) is 7.52. The number of carboxylic acid groups (broad SMARTS) is 1. The van der Waals surface area contributed by atoms with E-state index in [1.165, 1.54) is 61.0 Å². The number of fused-ring (bicyclic) bond motifs is 1. The van der Waals surface area contributed by atoms with Gasteiger partial charge in [-0.05, 0) is 109 Å². The average Bonchev–Trinajstić information content (AvgIpc) is 3.46. The average molecular weight is 642 g/mol. The lowest BCUT2D eigenvalue weighted by molar-refractivity contribution is -0.129. The lowest BCUT2D eigenvalue weighted by atomic mass is 9.97. The number of unbranched alkanes of at least 4 members (excludes halogenated alkanes) is 5. The van der Waals surface area contributed by atoms with Gasteiger partial charge in [0.15, 0.2) is 5.71 Å². The molecule has 0 fully saturated rings. The van der Waals surface area contributed by atoms with E-state index in [2.05, 4.69) is 59.4 Å². The zero-order valence-electron chi connectivity index (χ0n) is 27.8. The Morgan fingerprint density at radius 2 is 1.69 bits per heavy atom. The molecule has 3 aliphatic heterocycles. The van der Waals surface area contributed by atoms with Gasteiger partial charge in [0.05, 0.1) is 11.3 Å². The number of para-hydroxylation sites is 1. The van der Waals surface area contributed by atoms with E-state index in [4.69, 9.17) is 4.74 Å². The van der Waals surface area contributed by atoms with Crippen molar-refractivity contribution in [3.8, 4) is 0 Å². The number of amides is 1. The minimum Gasteiger partial charge on any atom is -0.476 e. The molecule has 246 valence electrons. The molecular weight excluding hydrogens is 598 g/mol. The Morgan fingerprint density at radius 1 is 0.917 bits per heavy atom. The maximum Gasteiger partial charge on any atom is 0.357 e. The van der Waals surface area contributed by atoms with Crippen molar-refractivity contribution in [2.24, 2.45) is 5.10 Å². The monoisotopic (exact) mass is 641 g/mol. The third-order valence-corrected chi connectivity index (χ3v) is 9.00. The molecule has 0 aromatic heterocycles. The lowest BCUT2D eigenvalue weighted by Crippen LogP contribution is -2.24. The highest BCUT2D eigenvalue weighted by Crippen LogP contribution is 2.35. The number of aliphatic carboxylic acids is 1. The van der Waals surface area contributed by atoms with Gasteiger partial charge in [-0.25, -0.2) is 4.79 Å². The predicted molar refractivity (Wildman–Crippen MR) is 193 cm³/mol. The summed E-state index contributed by atoms with van der Waals surface area (Å²) in [6, 6.07) is 24.4. The quantitative estimate of drug-likeness (QED) is 0.157. The van der Waals surface area contributed by atoms with Crippen molar-refractivity contribution >= 4 is 40.7 Å². The van der Waals surface area contributed by atoms with Crippen LogP contribution in [0.25, 0.3) is 6.08 Å². The number of aryl methyl sites for hydroxylation is 2. The third-order valence-electron chi connectivity index (χ3n) is 9.00. The van der Waals surface area contributed by atoms with E-state index < -0.39 is 11.9 Å². The van der Waals surface area contributed by atoms with Crippen LogP contribution >= 0.6 is 0 Å². The number of allylic oxidation sites excluding steroid dienone is 5. The Balaban J connectivity index is 1.17. The SMILES string of the molecule is CCCCCCCCc1ccc(N2CCCc3cc(C=CC4=CC(=C5C(=O)N(c6ccccc6)N=C5C(=O)O)C=C(C)O4)ccc32)cc1. The Bertz CT molecular complexity index is 1820. The number of benzene rings is 3. The molecule has 3 aromatic rings. The van der Waals surface area contributed by atoms with Crippen LogP contribution in [0.3, 0.4) is 0 Å². The van der Waals surface area contributed by atoms with Crippen LogP contribution in [0.1, 0.15) is 75.5 Å². The second kappa shape index (κ2) is 15.2. The molecule has 7 heteroatoms. The van der Waals surface area contributed by atoms with E-state index >= 15 is 0 Å². The summed E-state index contributed by atoms with van der Waals surface area (Å²) < 4.78 is 5.96. The summed E-state index contributed by atoms with van der Waals surface area (Å²) in [6.45, 7) is 5.03. The molecule has 1 N–H and O–H groups in total. The highest BCUT2D eigenvalue weighted by molar-refractivity contribution is 6.53. The maximum absolute atomic E-state index is 13.4. The van der Waals surface area contributed by atoms with Crippen molar-refractivity contribution in [1.29, 1.82) is 0 Å². The lowest BCUT2D eigenvalue weighted by Gasteiger charge is -2.31.